The Bertz CT molecular complexity index is 559. The fourth-order valence-corrected chi connectivity index (χ4v) is 4.75. The van der Waals surface area contributed by atoms with Crippen LogP contribution in [-0.4, -0.2) is 33.3 Å². The van der Waals surface area contributed by atoms with Crippen molar-refractivity contribution < 1.29 is 24.0 Å². The Kier molecular flexibility index (Phi) is 12.6. The van der Waals surface area contributed by atoms with Gasteiger partial charge in [-0.1, -0.05) is 34.9 Å². The van der Waals surface area contributed by atoms with Crippen molar-refractivity contribution in [2.45, 2.75) is 59.3 Å². The Balaban J connectivity index is 4.11. The van der Waals surface area contributed by atoms with E-state index in [0.29, 0.717) is 6.54 Å². The molecule has 0 aliphatic carbocycles. The van der Waals surface area contributed by atoms with Crippen molar-refractivity contribution in [2.75, 3.05) is 12.4 Å². The third kappa shape index (κ3) is 15.5. The molecule has 0 aliphatic heterocycles. The topological polar surface area (TPSA) is 107 Å². The van der Waals surface area contributed by atoms with Crippen molar-refractivity contribution in [3.05, 3.63) is 34.9 Å². The van der Waals surface area contributed by atoms with Gasteiger partial charge in [-0.05, 0) is 53.4 Å². The molecule has 0 fully saturated rings. The average molecular weight is 393 g/mol. The highest BCUT2D eigenvalue weighted by molar-refractivity contribution is 7.66. The Labute approximate surface area is 152 Å². The summed E-state index contributed by atoms with van der Waals surface area (Å²) in [7, 11) is -7.13. The molecule has 25 heavy (non-hydrogen) atoms. The molecule has 0 aromatic heterocycles. The zero-order valence-electron chi connectivity index (χ0n) is 15.7. The van der Waals surface area contributed by atoms with Gasteiger partial charge >= 0.3 is 7.60 Å². The van der Waals surface area contributed by atoms with Gasteiger partial charge in [0.1, 0.15) is 13.7 Å². The second-order valence-electron chi connectivity index (χ2n) is 6.56. The number of hydrogen-bond acceptors (Lipinski definition) is 4. The lowest BCUT2D eigenvalue weighted by Gasteiger charge is -2.12. The molecule has 2 unspecified atom stereocenters. The summed E-state index contributed by atoms with van der Waals surface area (Å²) in [4.78, 5) is 17.5. The molecule has 0 amide bonds. The summed E-state index contributed by atoms with van der Waals surface area (Å²) >= 11 is 0. The third-order valence-corrected chi connectivity index (χ3v) is 7.26. The molecule has 8 heteroatoms. The van der Waals surface area contributed by atoms with E-state index in [2.05, 4.69) is 38.2 Å². The van der Waals surface area contributed by atoms with Crippen LogP contribution in [0.5, 0.6) is 0 Å². The summed E-state index contributed by atoms with van der Waals surface area (Å²) in [5.41, 5.74) is 3.85. The molecule has 0 heterocycles. The van der Waals surface area contributed by atoms with Gasteiger partial charge in [0.2, 0.25) is 0 Å². The lowest BCUT2D eigenvalue weighted by molar-refractivity contribution is 0.219. The van der Waals surface area contributed by atoms with E-state index < -0.39 is 27.3 Å². The van der Waals surface area contributed by atoms with E-state index in [1.807, 2.05) is 13.0 Å². The van der Waals surface area contributed by atoms with Crippen LogP contribution in [0.2, 0.25) is 0 Å². The van der Waals surface area contributed by atoms with E-state index >= 15 is 0 Å². The Morgan fingerprint density at radius 3 is 2.08 bits per heavy atom. The largest absolute Gasteiger partial charge is 0.372 e. The van der Waals surface area contributed by atoms with Crippen molar-refractivity contribution in [1.29, 1.82) is 0 Å². The van der Waals surface area contributed by atoms with Gasteiger partial charge in [0, 0.05) is 6.54 Å². The maximum absolute atomic E-state index is 11.6. The first kappa shape index (κ1) is 24.5. The summed E-state index contributed by atoms with van der Waals surface area (Å²) in [6.45, 7) is 8.63. The van der Waals surface area contributed by atoms with Crippen LogP contribution in [0, 0.1) is 0 Å². The van der Waals surface area contributed by atoms with Crippen LogP contribution in [0.25, 0.3) is 0 Å². The molecule has 0 rings (SSSR count). The summed E-state index contributed by atoms with van der Waals surface area (Å²) in [5, 5.41) is 12.2. The van der Waals surface area contributed by atoms with E-state index in [1.165, 1.54) is 11.1 Å². The normalized spacial score (nSPS) is 15.8. The molecule has 0 bridgehead atoms. The van der Waals surface area contributed by atoms with E-state index in [1.54, 1.807) is 0 Å². The second kappa shape index (κ2) is 12.8. The lowest BCUT2D eigenvalue weighted by Crippen LogP contribution is -2.26. The first-order valence-electron chi connectivity index (χ1n) is 8.44. The summed E-state index contributed by atoms with van der Waals surface area (Å²) < 4.78 is 22.3. The molecule has 0 spiro atoms. The smallest absolute Gasteiger partial charge is 0.332 e. The molecule has 6 nitrogen and oxygen atoms in total. The number of nitrogens with one attached hydrogen (secondary N) is 1. The zero-order chi connectivity index (χ0) is 19.5. The monoisotopic (exact) mass is 393 g/mol. The SMILES string of the molecule is CC(C)=CCCC(C)=CCCC(C)=CCNC(O)[PH](=O)CP(=O)(O)O. The second-order valence-corrected chi connectivity index (χ2v) is 10.6. The van der Waals surface area contributed by atoms with E-state index in [0.717, 1.165) is 31.3 Å². The van der Waals surface area contributed by atoms with Crippen molar-refractivity contribution in [3.8, 4) is 0 Å². The Morgan fingerprint density at radius 1 is 1.04 bits per heavy atom. The van der Waals surface area contributed by atoms with Crippen molar-refractivity contribution in [1.82, 2.24) is 5.32 Å². The third-order valence-electron chi connectivity index (χ3n) is 3.55. The molecule has 0 aromatic rings. The Morgan fingerprint density at radius 2 is 1.56 bits per heavy atom. The van der Waals surface area contributed by atoms with Crippen LogP contribution in [0.1, 0.15) is 53.4 Å². The maximum atomic E-state index is 11.6. The zero-order valence-corrected chi connectivity index (χ0v) is 17.6. The number of rotatable bonds is 12. The molecular weight excluding hydrogens is 360 g/mol. The molecule has 0 radical (unpaired) electrons. The van der Waals surface area contributed by atoms with E-state index in [9.17, 15) is 14.2 Å². The van der Waals surface area contributed by atoms with Gasteiger partial charge < -0.3 is 19.5 Å². The lowest BCUT2D eigenvalue weighted by atomic mass is 10.1. The predicted molar refractivity (Wildman–Crippen MR) is 105 cm³/mol. The van der Waals surface area contributed by atoms with Gasteiger partial charge in [-0.25, -0.2) is 0 Å². The van der Waals surface area contributed by atoms with Crippen molar-refractivity contribution >= 4 is 15.4 Å². The number of hydrogen-bond donors (Lipinski definition) is 4. The molecule has 2 atom stereocenters. The van der Waals surface area contributed by atoms with Crippen molar-refractivity contribution in [2.24, 2.45) is 0 Å². The van der Waals surface area contributed by atoms with Crippen LogP contribution in [0.4, 0.5) is 0 Å². The van der Waals surface area contributed by atoms with Crippen LogP contribution >= 0.6 is 15.4 Å². The molecule has 0 saturated heterocycles. The van der Waals surface area contributed by atoms with Gasteiger partial charge in [0.25, 0.3) is 0 Å². The molecule has 4 N–H and O–H groups in total. The first-order chi connectivity index (χ1) is 11.5. The molecule has 0 aromatic carbocycles. The molecule has 0 aliphatic rings. The highest BCUT2D eigenvalue weighted by Gasteiger charge is 2.22. The van der Waals surface area contributed by atoms with Gasteiger partial charge in [-0.15, -0.1) is 0 Å². The first-order valence-corrected chi connectivity index (χ1v) is 11.9. The molecule has 146 valence electrons. The molecule has 0 saturated carbocycles. The summed E-state index contributed by atoms with van der Waals surface area (Å²) in [6.07, 6.45) is 10.3. The van der Waals surface area contributed by atoms with Crippen LogP contribution < -0.4 is 5.32 Å². The number of allylic oxidation sites excluding steroid dienone is 5. The highest BCUT2D eigenvalue weighted by atomic mass is 31.2. The minimum absolute atomic E-state index is 0.313. The van der Waals surface area contributed by atoms with Crippen LogP contribution in [-0.2, 0) is 9.13 Å². The predicted octanol–water partition coefficient (Wildman–Crippen LogP) is 3.97. The van der Waals surface area contributed by atoms with Gasteiger partial charge in [-0.2, -0.15) is 0 Å². The number of aliphatic hydroxyl groups is 1. The summed E-state index contributed by atoms with van der Waals surface area (Å²) in [6, 6.07) is 0. The fraction of sp³-hybridized carbons (Fsp3) is 0.647. The van der Waals surface area contributed by atoms with Gasteiger partial charge in [0.05, 0.1) is 0 Å². The van der Waals surface area contributed by atoms with E-state index in [-0.39, 0.29) is 0 Å². The van der Waals surface area contributed by atoms with Gasteiger partial charge in [0.15, 0.2) is 5.97 Å². The molecular formula is C17H33NO5P2. The van der Waals surface area contributed by atoms with Crippen molar-refractivity contribution in [3.63, 3.8) is 0 Å². The minimum Gasteiger partial charge on any atom is -0.372 e. The minimum atomic E-state index is -4.36. The average Bonchev–Trinajstić information content (AvgIpc) is 2.44. The van der Waals surface area contributed by atoms with Gasteiger partial charge in [-0.3, -0.25) is 9.88 Å². The van der Waals surface area contributed by atoms with Crippen LogP contribution in [0.15, 0.2) is 34.9 Å². The quantitative estimate of drug-likeness (QED) is 0.227. The number of aliphatic hydroxyl groups excluding tert-OH is 1. The highest BCUT2D eigenvalue weighted by Crippen LogP contribution is 2.45. The fourth-order valence-electron chi connectivity index (χ4n) is 2.09. The van der Waals surface area contributed by atoms with Crippen LogP contribution in [0.3, 0.4) is 0 Å². The maximum Gasteiger partial charge on any atom is 0.332 e. The Hall–Kier alpha value is -0.480. The standard InChI is InChI=1S/C17H33NO5P2/c1-14(2)7-5-8-15(3)9-6-10-16(4)11-12-18-17(19)24(20)13-25(21,22)23/h7,9,11,17-19,24H,5-6,8,10,12-13H2,1-4H3,(H2,21,22,23). The summed E-state index contributed by atoms with van der Waals surface area (Å²) in [5.74, 6) is -2.15. The van der Waals surface area contributed by atoms with E-state index in [4.69, 9.17) is 9.79 Å².